The van der Waals surface area contributed by atoms with E-state index in [1.807, 2.05) is 0 Å². The molecular weight excluding hydrogens is 710 g/mol. The smallest absolute Gasteiger partial charge is 0.383 e. The van der Waals surface area contributed by atoms with Crippen LogP contribution in [0.3, 0.4) is 0 Å². The van der Waals surface area contributed by atoms with Crippen LogP contribution in [0.2, 0.25) is 0 Å². The highest BCUT2D eigenvalue weighted by molar-refractivity contribution is 7.98. The molecule has 6 nitrogen and oxygen atoms in total. The van der Waals surface area contributed by atoms with E-state index in [0.29, 0.717) is 18.6 Å². The summed E-state index contributed by atoms with van der Waals surface area (Å²) in [6.45, 7) is -16.2. The first-order chi connectivity index (χ1) is 35.8. The van der Waals surface area contributed by atoms with Crippen LogP contribution in [0, 0.1) is 18.6 Å². The largest absolute Gasteiger partial charge is 0.416 e. The lowest BCUT2D eigenvalue weighted by Gasteiger charge is -2.39. The standard InChI is InChI=1S/C41H40F5N3O3S/c1-27-22-30(14-15-34(27)41(44,45)46)29-12-10-28(11-13-29)24-48(32-16-18-47(19-17-32)20-21-52-2)38(51)25-49-36-9-4-3-7-33(36)37(50)23-39(49)53-26-31-6-5-8-35(42)40(31)43/h3-15,22-23,32H,16-21,24-26H2,1-2H3/i3D,4D,5D,6D,7D,8D,9D,10D,11D,12D,13D,14D,15D,16D2,17D2,18D2,19D2,21D2,22D,23D,32D. The van der Waals surface area contributed by atoms with E-state index in [4.69, 9.17) is 28.8 Å². The number of carbonyl (C=O) groups is 1. The summed E-state index contributed by atoms with van der Waals surface area (Å²) in [5.41, 5.74) is -9.80. The van der Waals surface area contributed by atoms with Crippen molar-refractivity contribution in [3.63, 3.8) is 0 Å². The molecule has 0 spiro atoms. The molecule has 1 aliphatic rings. The van der Waals surface area contributed by atoms with E-state index in [0.717, 1.165) is 0 Å². The highest BCUT2D eigenvalue weighted by Gasteiger charge is 2.32. The quantitative estimate of drug-likeness (QED) is 0.0939. The van der Waals surface area contributed by atoms with Crippen LogP contribution in [0.15, 0.2) is 100 Å². The van der Waals surface area contributed by atoms with Gasteiger partial charge in [-0.25, -0.2) is 8.78 Å². The Hall–Kier alpha value is -4.52. The molecule has 0 bridgehead atoms. The predicted molar refractivity (Wildman–Crippen MR) is 198 cm³/mol. The van der Waals surface area contributed by atoms with Gasteiger partial charge in [-0.05, 0) is 66.1 Å². The van der Waals surface area contributed by atoms with E-state index in [2.05, 4.69) is 4.74 Å². The summed E-state index contributed by atoms with van der Waals surface area (Å²) < 4.78 is 305. The fourth-order valence-corrected chi connectivity index (χ4v) is 5.63. The molecule has 278 valence electrons. The zero-order valence-corrected chi connectivity index (χ0v) is 28.0. The van der Waals surface area contributed by atoms with Gasteiger partial charge in [0.2, 0.25) is 5.91 Å². The number of rotatable bonds is 12. The number of thioether (sulfide) groups is 1. The minimum atomic E-state index is -5.33. The Balaban J connectivity index is 1.73. The van der Waals surface area contributed by atoms with Crippen LogP contribution < -0.4 is 5.43 Å². The number of hydrogen-bond donors (Lipinski definition) is 0. The molecule has 1 saturated heterocycles. The highest BCUT2D eigenvalue weighted by atomic mass is 32.2. The molecule has 0 unspecified atom stereocenters. The summed E-state index contributed by atoms with van der Waals surface area (Å²) in [6.07, 6.45) is -14.3. The first kappa shape index (κ1) is 17.3. The van der Waals surface area contributed by atoms with E-state index < -0.39 is 233 Å². The summed E-state index contributed by atoms with van der Waals surface area (Å²) >= 11 is 0.0416. The van der Waals surface area contributed by atoms with Gasteiger partial charge < -0.3 is 19.1 Å². The maximum Gasteiger partial charge on any atom is 0.416 e. The Bertz CT molecular complexity index is 3380. The number of aromatic nitrogens is 1. The van der Waals surface area contributed by atoms with Gasteiger partial charge in [0.25, 0.3) is 0 Å². The molecule has 0 saturated carbocycles. The van der Waals surface area contributed by atoms with Gasteiger partial charge in [0.15, 0.2) is 17.1 Å². The Labute approximate surface area is 345 Å². The number of para-hydroxylation sites is 1. The van der Waals surface area contributed by atoms with E-state index in [1.165, 1.54) is 0 Å². The van der Waals surface area contributed by atoms with Crippen molar-refractivity contribution >= 4 is 28.6 Å². The van der Waals surface area contributed by atoms with E-state index in [9.17, 15) is 29.2 Å². The molecule has 1 fully saturated rings. The van der Waals surface area contributed by atoms with Gasteiger partial charge in [0.1, 0.15) is 6.54 Å². The molecule has 6 rings (SSSR count). The molecule has 1 aliphatic heterocycles. The number of hydrogen-bond acceptors (Lipinski definition) is 5. The van der Waals surface area contributed by atoms with Crippen molar-refractivity contribution in [1.29, 1.82) is 0 Å². The molecule has 4 aromatic carbocycles. The topological polar surface area (TPSA) is 54.8 Å². The lowest BCUT2D eigenvalue weighted by molar-refractivity contribution is -0.138. The first-order valence-corrected chi connectivity index (χ1v) is 15.9. The number of piperidine rings is 1. The van der Waals surface area contributed by atoms with Gasteiger partial charge >= 0.3 is 6.18 Å². The SMILES string of the molecule is [2H]c1c([2H])c(F)c(F)c(CSc2c([2H])c(=O)c3c([2H])c([2H])c([2H])c([2H])c3n2CC(=O)N(Cc2c([2H])c([2H])c(-c3c([2H])c([2H])c(C(F)(F)F)c(C)c3[2H])c([2H])c2[2H])C2([2H])C([2H])([2H])C([2H])([2H])N(CC([2H])([2H])OC)C([2H])([2H])C2([2H])[2H])c1[2H]. The zero-order chi connectivity index (χ0) is 60.6. The third-order valence-electron chi connectivity index (χ3n) is 7.20. The number of benzene rings is 4. The molecule has 1 amide bonds. The van der Waals surface area contributed by atoms with E-state index in [1.54, 1.807) is 0 Å². The van der Waals surface area contributed by atoms with Crippen LogP contribution in [0.5, 0.6) is 0 Å². The molecule has 0 aliphatic carbocycles. The molecule has 0 atom stereocenters. The summed E-state index contributed by atoms with van der Waals surface area (Å²) in [4.78, 5) is 28.8. The minimum Gasteiger partial charge on any atom is -0.383 e. The first-order valence-electron chi connectivity index (χ1n) is 27.9. The number of carbonyl (C=O) groups excluding carboxylic acids is 1. The van der Waals surface area contributed by atoms with Crippen molar-refractivity contribution in [3.8, 4) is 11.1 Å². The van der Waals surface area contributed by atoms with Gasteiger partial charge in [-0.1, -0.05) is 60.4 Å². The zero-order valence-electron chi connectivity index (χ0n) is 53.2. The number of likely N-dealkylation sites (tertiary alicyclic amines) is 1. The summed E-state index contributed by atoms with van der Waals surface area (Å²) in [7, 11) is 0.716. The lowest BCUT2D eigenvalue weighted by atomic mass is 9.98. The number of halogens is 5. The van der Waals surface area contributed by atoms with E-state index in [-0.39, 0.29) is 21.6 Å². The predicted octanol–water partition coefficient (Wildman–Crippen LogP) is 8.71. The fraction of sp³-hybridized carbons (Fsp3) is 0.317. The van der Waals surface area contributed by atoms with Crippen LogP contribution in [0.1, 0.15) is 70.6 Å². The molecule has 53 heavy (non-hydrogen) atoms. The molecule has 12 heteroatoms. The van der Waals surface area contributed by atoms with Crippen LogP contribution in [0.25, 0.3) is 22.0 Å². The second-order valence-electron chi connectivity index (χ2n) is 10.7. The number of alkyl halides is 3. The Kier molecular flexibility index (Phi) is 5.44. The minimum absolute atomic E-state index is 0.0416. The molecule has 1 aromatic heterocycles. The maximum atomic E-state index is 15.6. The van der Waals surface area contributed by atoms with Crippen LogP contribution >= 0.6 is 11.8 Å². The average Bonchev–Trinajstić information content (AvgIpc) is 3.35. The number of methoxy groups -OCH3 is 1. The van der Waals surface area contributed by atoms with Gasteiger partial charge in [-0.15, -0.1) is 11.8 Å². The molecule has 5 aromatic rings. The third-order valence-corrected chi connectivity index (χ3v) is 8.23. The normalized spacial score (nSPS) is 25.9. The van der Waals surface area contributed by atoms with Gasteiger partial charge in [-0.2, -0.15) is 13.2 Å². The second-order valence-corrected chi connectivity index (χ2v) is 11.6. The summed E-state index contributed by atoms with van der Waals surface area (Å²) in [6, 6.07) is -24.0. The van der Waals surface area contributed by atoms with Crippen molar-refractivity contribution in [2.24, 2.45) is 0 Å². The van der Waals surface area contributed by atoms with Crippen LogP contribution in [0.4, 0.5) is 22.0 Å². The van der Waals surface area contributed by atoms with Crippen molar-refractivity contribution in [1.82, 2.24) is 14.4 Å². The molecule has 0 N–H and O–H groups in total. The van der Waals surface area contributed by atoms with Crippen molar-refractivity contribution in [2.75, 3.05) is 33.2 Å². The van der Waals surface area contributed by atoms with Crippen LogP contribution in [-0.4, -0.2) is 59.5 Å². The van der Waals surface area contributed by atoms with Gasteiger partial charge in [0, 0.05) is 72.9 Å². The van der Waals surface area contributed by atoms with Crippen molar-refractivity contribution in [2.45, 2.75) is 55.7 Å². The molecular formula is C41H40F5N3O3S. The number of amides is 1. The summed E-state index contributed by atoms with van der Waals surface area (Å²) in [5.74, 6) is -7.01. The number of ether oxygens (including phenoxy) is 1. The van der Waals surface area contributed by atoms with E-state index >= 15 is 9.18 Å². The molecule has 0 radical (unpaired) electrons. The van der Waals surface area contributed by atoms with Gasteiger partial charge in [-0.3, -0.25) is 9.59 Å². The third kappa shape index (κ3) is 9.00. The number of fused-ring (bicyclic) bond motifs is 1. The Morgan fingerprint density at radius 2 is 1.74 bits per heavy atom. The Morgan fingerprint density at radius 3 is 2.45 bits per heavy atom. The van der Waals surface area contributed by atoms with Crippen LogP contribution in [-0.2, 0) is 34.6 Å². The lowest BCUT2D eigenvalue weighted by Crippen LogP contribution is -2.48. The monoisotopic (exact) mass is 775 g/mol. The average molecular weight is 776 g/mol. The maximum absolute atomic E-state index is 15.6. The van der Waals surface area contributed by atoms with Gasteiger partial charge in [0.05, 0.1) is 47.3 Å². The Morgan fingerprint density at radius 1 is 1.02 bits per heavy atom. The second kappa shape index (κ2) is 16.7. The van der Waals surface area contributed by atoms with Crippen molar-refractivity contribution in [3.05, 3.63) is 135 Å². The number of pyridine rings is 1. The van der Waals surface area contributed by atoms with Crippen molar-refractivity contribution < 1.29 is 67.1 Å². The molecule has 2 heterocycles. The highest BCUT2D eigenvalue weighted by Crippen LogP contribution is 2.34. The summed E-state index contributed by atoms with van der Waals surface area (Å²) in [5, 5.41) is -2.08. The number of nitrogens with zero attached hydrogens (tertiary/aromatic N) is 3. The fourth-order valence-electron chi connectivity index (χ4n) is 4.67.